The molecule has 7 nitrogen and oxygen atoms in total. The highest BCUT2D eigenvalue weighted by atomic mass is 16.2. The van der Waals surface area contributed by atoms with Crippen LogP contribution in [-0.4, -0.2) is 25.3 Å². The van der Waals surface area contributed by atoms with E-state index < -0.39 is 0 Å². The van der Waals surface area contributed by atoms with E-state index in [-0.39, 0.29) is 17.4 Å². The molecule has 0 unspecified atom stereocenters. The van der Waals surface area contributed by atoms with Crippen LogP contribution in [0.25, 0.3) is 16.7 Å². The topological polar surface area (TPSA) is 81.8 Å². The standard InChI is InChI=1S/C17H19N5O2/c1-3-12(4-2)16(23)20-21-11-18-15-14(17(21)24)10-19-22(15)13-8-6-5-7-9-13/h5-12H,3-4H2,1-2H3,(H,20,23). The van der Waals surface area contributed by atoms with Crippen molar-refractivity contribution in [2.75, 3.05) is 5.43 Å². The highest BCUT2D eigenvalue weighted by molar-refractivity contribution is 5.86. The highest BCUT2D eigenvalue weighted by Gasteiger charge is 2.17. The second kappa shape index (κ2) is 6.66. The van der Waals surface area contributed by atoms with E-state index in [4.69, 9.17) is 0 Å². The number of hydrogen-bond acceptors (Lipinski definition) is 4. The molecule has 1 aromatic carbocycles. The van der Waals surface area contributed by atoms with E-state index >= 15 is 0 Å². The molecule has 0 aliphatic heterocycles. The third-order valence-electron chi connectivity index (χ3n) is 4.08. The van der Waals surface area contributed by atoms with Gasteiger partial charge in [-0.25, -0.2) is 14.3 Å². The molecule has 0 aliphatic carbocycles. The van der Waals surface area contributed by atoms with E-state index in [1.165, 1.54) is 12.5 Å². The van der Waals surface area contributed by atoms with Gasteiger partial charge in [0.2, 0.25) is 5.91 Å². The van der Waals surface area contributed by atoms with E-state index in [2.05, 4.69) is 15.5 Å². The van der Waals surface area contributed by atoms with Crippen molar-refractivity contribution in [2.45, 2.75) is 26.7 Å². The molecule has 0 saturated heterocycles. The van der Waals surface area contributed by atoms with Crippen LogP contribution >= 0.6 is 0 Å². The van der Waals surface area contributed by atoms with Gasteiger partial charge in [-0.3, -0.25) is 15.0 Å². The second-order valence-corrected chi connectivity index (χ2v) is 5.54. The minimum atomic E-state index is -0.346. The predicted molar refractivity (Wildman–Crippen MR) is 91.6 cm³/mol. The minimum absolute atomic E-state index is 0.125. The molecule has 0 radical (unpaired) electrons. The van der Waals surface area contributed by atoms with Crippen LogP contribution in [0.5, 0.6) is 0 Å². The van der Waals surface area contributed by atoms with Crippen LogP contribution in [0.15, 0.2) is 47.7 Å². The maximum absolute atomic E-state index is 12.6. The first-order chi connectivity index (χ1) is 11.7. The van der Waals surface area contributed by atoms with Crippen LogP contribution in [0, 0.1) is 5.92 Å². The van der Waals surface area contributed by atoms with Gasteiger partial charge in [-0.15, -0.1) is 0 Å². The van der Waals surface area contributed by atoms with Crippen LogP contribution in [0.1, 0.15) is 26.7 Å². The number of rotatable bonds is 5. The first kappa shape index (κ1) is 15.9. The molecule has 24 heavy (non-hydrogen) atoms. The quantitative estimate of drug-likeness (QED) is 0.779. The molecule has 0 aliphatic rings. The van der Waals surface area contributed by atoms with E-state index in [1.54, 1.807) is 4.68 Å². The Morgan fingerprint density at radius 1 is 1.21 bits per heavy atom. The summed E-state index contributed by atoms with van der Waals surface area (Å²) in [7, 11) is 0. The normalized spacial score (nSPS) is 11.1. The van der Waals surface area contributed by atoms with Crippen LogP contribution in [0.2, 0.25) is 0 Å². The van der Waals surface area contributed by atoms with Gasteiger partial charge in [-0.05, 0) is 25.0 Å². The zero-order valence-electron chi connectivity index (χ0n) is 13.6. The van der Waals surface area contributed by atoms with Gasteiger partial charge in [-0.2, -0.15) is 5.10 Å². The number of fused-ring (bicyclic) bond motifs is 1. The Morgan fingerprint density at radius 3 is 2.58 bits per heavy atom. The summed E-state index contributed by atoms with van der Waals surface area (Å²) in [5.74, 6) is -0.307. The molecule has 3 aromatic rings. The number of carbonyl (C=O) groups is 1. The number of carbonyl (C=O) groups excluding carboxylic acids is 1. The first-order valence-electron chi connectivity index (χ1n) is 7.97. The zero-order valence-corrected chi connectivity index (χ0v) is 13.6. The second-order valence-electron chi connectivity index (χ2n) is 5.54. The van der Waals surface area contributed by atoms with Gasteiger partial charge in [0.15, 0.2) is 5.65 Å². The summed E-state index contributed by atoms with van der Waals surface area (Å²) in [6.45, 7) is 3.89. The average molecular weight is 325 g/mol. The van der Waals surface area contributed by atoms with Crippen molar-refractivity contribution in [3.05, 3.63) is 53.2 Å². The number of aromatic nitrogens is 4. The summed E-state index contributed by atoms with van der Waals surface area (Å²) in [6, 6.07) is 9.45. The van der Waals surface area contributed by atoms with Crippen molar-refractivity contribution < 1.29 is 4.79 Å². The van der Waals surface area contributed by atoms with Gasteiger partial charge in [0.05, 0.1) is 11.9 Å². The van der Waals surface area contributed by atoms with Crippen LogP contribution in [0.4, 0.5) is 0 Å². The molecule has 7 heteroatoms. The zero-order chi connectivity index (χ0) is 17.1. The average Bonchev–Trinajstić information content (AvgIpc) is 3.04. The maximum atomic E-state index is 12.6. The van der Waals surface area contributed by atoms with Gasteiger partial charge in [0.1, 0.15) is 11.7 Å². The van der Waals surface area contributed by atoms with E-state index in [0.717, 1.165) is 23.2 Å². The molecule has 124 valence electrons. The Hall–Kier alpha value is -2.96. The minimum Gasteiger partial charge on any atom is -0.273 e. The molecule has 0 fully saturated rings. The summed E-state index contributed by atoms with van der Waals surface area (Å²) in [5.41, 5.74) is 3.55. The smallest absolute Gasteiger partial charge is 0.273 e. The lowest BCUT2D eigenvalue weighted by molar-refractivity contribution is -0.121. The molecule has 1 amide bonds. The fourth-order valence-corrected chi connectivity index (χ4v) is 2.62. The molecule has 1 N–H and O–H groups in total. The monoisotopic (exact) mass is 325 g/mol. The summed E-state index contributed by atoms with van der Waals surface area (Å²) in [6.07, 6.45) is 4.24. The number of hydrogen-bond donors (Lipinski definition) is 1. The molecule has 2 aromatic heterocycles. The number of benzene rings is 1. The fourth-order valence-electron chi connectivity index (χ4n) is 2.62. The Balaban J connectivity index is 1.98. The summed E-state index contributed by atoms with van der Waals surface area (Å²) in [4.78, 5) is 29.0. The van der Waals surface area contributed by atoms with E-state index in [9.17, 15) is 9.59 Å². The SMILES string of the molecule is CCC(CC)C(=O)Nn1cnc2c(cnn2-c2ccccc2)c1=O. The van der Waals surface area contributed by atoms with Crippen molar-refractivity contribution in [3.63, 3.8) is 0 Å². The fraction of sp³-hybridized carbons (Fsp3) is 0.294. The summed E-state index contributed by atoms with van der Waals surface area (Å²) >= 11 is 0. The third-order valence-corrected chi connectivity index (χ3v) is 4.08. The van der Waals surface area contributed by atoms with E-state index in [0.29, 0.717) is 11.0 Å². The molecule has 0 saturated carbocycles. The summed E-state index contributed by atoms with van der Waals surface area (Å²) < 4.78 is 2.73. The molecular weight excluding hydrogens is 306 g/mol. The Bertz CT molecular complexity index is 910. The Labute approximate surface area is 138 Å². The Morgan fingerprint density at radius 2 is 1.92 bits per heavy atom. The summed E-state index contributed by atoms with van der Waals surface area (Å²) in [5, 5.41) is 4.60. The lowest BCUT2D eigenvalue weighted by Gasteiger charge is -2.13. The third kappa shape index (κ3) is 2.80. The highest BCUT2D eigenvalue weighted by Crippen LogP contribution is 2.13. The van der Waals surface area contributed by atoms with Gasteiger partial charge in [0, 0.05) is 5.92 Å². The van der Waals surface area contributed by atoms with E-state index in [1.807, 2.05) is 44.2 Å². The van der Waals surface area contributed by atoms with Crippen LogP contribution in [-0.2, 0) is 4.79 Å². The van der Waals surface area contributed by atoms with Crippen LogP contribution in [0.3, 0.4) is 0 Å². The molecule has 0 bridgehead atoms. The molecular formula is C17H19N5O2. The number of para-hydroxylation sites is 1. The molecule has 0 spiro atoms. The predicted octanol–water partition coefficient (Wildman–Crippen LogP) is 2.09. The maximum Gasteiger partial charge on any atom is 0.283 e. The van der Waals surface area contributed by atoms with Gasteiger partial charge in [0.25, 0.3) is 5.56 Å². The van der Waals surface area contributed by atoms with Gasteiger partial charge >= 0.3 is 0 Å². The number of nitrogens with one attached hydrogen (secondary N) is 1. The molecule has 3 rings (SSSR count). The first-order valence-corrected chi connectivity index (χ1v) is 7.97. The van der Waals surface area contributed by atoms with Crippen molar-refractivity contribution in [1.29, 1.82) is 0 Å². The Kier molecular flexibility index (Phi) is 4.41. The van der Waals surface area contributed by atoms with Crippen molar-refractivity contribution >= 4 is 16.9 Å². The van der Waals surface area contributed by atoms with Crippen LogP contribution < -0.4 is 11.0 Å². The lowest BCUT2D eigenvalue weighted by atomic mass is 10.0. The number of nitrogens with zero attached hydrogens (tertiary/aromatic N) is 4. The van der Waals surface area contributed by atoms with Crippen molar-refractivity contribution in [1.82, 2.24) is 19.4 Å². The van der Waals surface area contributed by atoms with Crippen molar-refractivity contribution in [3.8, 4) is 5.69 Å². The molecule has 0 atom stereocenters. The van der Waals surface area contributed by atoms with Gasteiger partial charge in [-0.1, -0.05) is 32.0 Å². The van der Waals surface area contributed by atoms with Crippen molar-refractivity contribution in [2.24, 2.45) is 5.92 Å². The van der Waals surface area contributed by atoms with Gasteiger partial charge < -0.3 is 0 Å². The molecule has 2 heterocycles. The number of amides is 1. The largest absolute Gasteiger partial charge is 0.283 e. The lowest BCUT2D eigenvalue weighted by Crippen LogP contribution is -2.36.